The highest BCUT2D eigenvalue weighted by atomic mass is 16.3. The Labute approximate surface area is 147 Å². The SMILES string of the molecule is CN=C(NCc1ccc(C(N)=O)o1)N1CC=C(c2ccccc2)CC1. The van der Waals surface area contributed by atoms with Gasteiger partial charge in [0.05, 0.1) is 6.54 Å². The van der Waals surface area contributed by atoms with E-state index in [2.05, 4.69) is 45.6 Å². The minimum Gasteiger partial charge on any atom is -0.454 e. The summed E-state index contributed by atoms with van der Waals surface area (Å²) in [5, 5.41) is 3.26. The zero-order valence-corrected chi connectivity index (χ0v) is 14.2. The Kier molecular flexibility index (Phi) is 5.18. The lowest BCUT2D eigenvalue weighted by Gasteiger charge is -2.29. The van der Waals surface area contributed by atoms with E-state index in [1.807, 2.05) is 6.07 Å². The van der Waals surface area contributed by atoms with Gasteiger partial charge in [0.2, 0.25) is 0 Å². The number of carbonyl (C=O) groups is 1. The first-order valence-electron chi connectivity index (χ1n) is 8.26. The van der Waals surface area contributed by atoms with Crippen LogP contribution in [-0.4, -0.2) is 36.9 Å². The van der Waals surface area contributed by atoms with Crippen LogP contribution in [0.2, 0.25) is 0 Å². The molecular weight excluding hydrogens is 316 g/mol. The molecule has 0 saturated carbocycles. The molecule has 0 fully saturated rings. The van der Waals surface area contributed by atoms with E-state index in [0.717, 1.165) is 25.5 Å². The number of benzene rings is 1. The van der Waals surface area contributed by atoms with E-state index >= 15 is 0 Å². The third-order valence-electron chi connectivity index (χ3n) is 4.19. The van der Waals surface area contributed by atoms with Gasteiger partial charge in [-0.05, 0) is 29.7 Å². The summed E-state index contributed by atoms with van der Waals surface area (Å²) in [5.41, 5.74) is 7.84. The molecule has 0 saturated heterocycles. The van der Waals surface area contributed by atoms with Gasteiger partial charge in [-0.15, -0.1) is 0 Å². The number of furan rings is 1. The standard InChI is InChI=1S/C19H22N4O2/c1-21-19(22-13-16-7-8-17(25-16)18(20)24)23-11-9-15(10-12-23)14-5-3-2-4-6-14/h2-9H,10-13H2,1H3,(H2,20,24)(H,21,22). The van der Waals surface area contributed by atoms with Crippen molar-refractivity contribution in [1.82, 2.24) is 10.2 Å². The van der Waals surface area contributed by atoms with Gasteiger partial charge in [-0.25, -0.2) is 0 Å². The van der Waals surface area contributed by atoms with Crippen molar-refractivity contribution in [2.24, 2.45) is 10.7 Å². The normalized spacial score (nSPS) is 15.0. The van der Waals surface area contributed by atoms with Gasteiger partial charge >= 0.3 is 0 Å². The van der Waals surface area contributed by atoms with Gasteiger partial charge in [0, 0.05) is 20.1 Å². The molecule has 0 spiro atoms. The van der Waals surface area contributed by atoms with Crippen LogP contribution >= 0.6 is 0 Å². The highest BCUT2D eigenvalue weighted by Crippen LogP contribution is 2.22. The molecule has 0 unspecified atom stereocenters. The number of guanidine groups is 1. The van der Waals surface area contributed by atoms with E-state index in [1.54, 1.807) is 19.2 Å². The highest BCUT2D eigenvalue weighted by molar-refractivity contribution is 5.89. The Hall–Kier alpha value is -3.02. The number of carbonyl (C=O) groups excluding carboxylic acids is 1. The molecule has 25 heavy (non-hydrogen) atoms. The average molecular weight is 338 g/mol. The Bertz CT molecular complexity index is 793. The minimum atomic E-state index is -0.565. The summed E-state index contributed by atoms with van der Waals surface area (Å²) in [6.07, 6.45) is 3.21. The number of hydrogen-bond acceptors (Lipinski definition) is 3. The molecule has 1 aliphatic heterocycles. The first-order valence-corrected chi connectivity index (χ1v) is 8.26. The van der Waals surface area contributed by atoms with E-state index in [9.17, 15) is 4.79 Å². The van der Waals surface area contributed by atoms with Gasteiger partial charge in [0.15, 0.2) is 11.7 Å². The molecule has 130 valence electrons. The molecule has 3 N–H and O–H groups in total. The van der Waals surface area contributed by atoms with Crippen LogP contribution < -0.4 is 11.1 Å². The predicted molar refractivity (Wildman–Crippen MR) is 98.0 cm³/mol. The number of aliphatic imine (C=N–C) groups is 1. The first-order chi connectivity index (χ1) is 12.2. The third kappa shape index (κ3) is 4.09. The molecule has 0 bridgehead atoms. The fourth-order valence-electron chi connectivity index (χ4n) is 2.88. The Morgan fingerprint density at radius 2 is 2.08 bits per heavy atom. The van der Waals surface area contributed by atoms with Crippen molar-refractivity contribution in [3.8, 4) is 0 Å². The Morgan fingerprint density at radius 1 is 1.28 bits per heavy atom. The maximum Gasteiger partial charge on any atom is 0.284 e. The molecule has 0 atom stereocenters. The zero-order valence-electron chi connectivity index (χ0n) is 14.2. The van der Waals surface area contributed by atoms with Crippen LogP contribution in [0, 0.1) is 0 Å². The van der Waals surface area contributed by atoms with Gasteiger partial charge < -0.3 is 20.4 Å². The lowest BCUT2D eigenvalue weighted by atomic mass is 10.00. The Balaban J connectivity index is 1.59. The Morgan fingerprint density at radius 3 is 2.68 bits per heavy atom. The van der Waals surface area contributed by atoms with Crippen LogP contribution in [-0.2, 0) is 6.54 Å². The number of nitrogens with one attached hydrogen (secondary N) is 1. The number of rotatable bonds is 4. The first kappa shape index (κ1) is 16.8. The van der Waals surface area contributed by atoms with Gasteiger partial charge in [0.1, 0.15) is 5.76 Å². The number of nitrogens with two attached hydrogens (primary N) is 1. The van der Waals surface area contributed by atoms with Crippen molar-refractivity contribution in [2.45, 2.75) is 13.0 Å². The van der Waals surface area contributed by atoms with Gasteiger partial charge in [-0.1, -0.05) is 36.4 Å². The van der Waals surface area contributed by atoms with Gasteiger partial charge in [0.25, 0.3) is 5.91 Å². The van der Waals surface area contributed by atoms with Crippen molar-refractivity contribution in [2.75, 3.05) is 20.1 Å². The monoisotopic (exact) mass is 338 g/mol. The van der Waals surface area contributed by atoms with Crippen molar-refractivity contribution in [3.05, 3.63) is 65.6 Å². The fraction of sp³-hybridized carbons (Fsp3) is 0.263. The molecule has 0 aliphatic carbocycles. The van der Waals surface area contributed by atoms with Crippen LogP contribution in [0.3, 0.4) is 0 Å². The maximum atomic E-state index is 11.1. The van der Waals surface area contributed by atoms with Crippen LogP contribution in [0.5, 0.6) is 0 Å². The van der Waals surface area contributed by atoms with Crippen LogP contribution in [0.1, 0.15) is 28.3 Å². The summed E-state index contributed by atoms with van der Waals surface area (Å²) >= 11 is 0. The molecule has 6 nitrogen and oxygen atoms in total. The molecular formula is C19H22N4O2. The smallest absolute Gasteiger partial charge is 0.284 e. The lowest BCUT2D eigenvalue weighted by Crippen LogP contribution is -2.43. The summed E-state index contributed by atoms with van der Waals surface area (Å²) in [6, 6.07) is 13.8. The zero-order chi connectivity index (χ0) is 17.6. The van der Waals surface area contributed by atoms with Crippen LogP contribution in [0.15, 0.2) is 58.0 Å². The van der Waals surface area contributed by atoms with E-state index in [1.165, 1.54) is 11.1 Å². The summed E-state index contributed by atoms with van der Waals surface area (Å²) in [5.74, 6) is 1.05. The number of hydrogen-bond donors (Lipinski definition) is 2. The molecule has 6 heteroatoms. The van der Waals surface area contributed by atoms with Crippen molar-refractivity contribution >= 4 is 17.4 Å². The molecule has 3 rings (SSSR count). The molecule has 2 heterocycles. The molecule has 1 amide bonds. The van der Waals surface area contributed by atoms with Crippen LogP contribution in [0.25, 0.3) is 5.57 Å². The second-order valence-corrected chi connectivity index (χ2v) is 5.82. The van der Waals surface area contributed by atoms with E-state index in [4.69, 9.17) is 10.2 Å². The number of nitrogens with zero attached hydrogens (tertiary/aromatic N) is 2. The van der Waals surface area contributed by atoms with E-state index < -0.39 is 5.91 Å². The topological polar surface area (TPSA) is 83.9 Å². The lowest BCUT2D eigenvalue weighted by molar-refractivity contribution is 0.0972. The minimum absolute atomic E-state index is 0.167. The van der Waals surface area contributed by atoms with E-state index in [0.29, 0.717) is 12.3 Å². The van der Waals surface area contributed by atoms with Gasteiger partial charge in [-0.3, -0.25) is 9.79 Å². The predicted octanol–water partition coefficient (Wildman–Crippen LogP) is 2.24. The van der Waals surface area contributed by atoms with Crippen molar-refractivity contribution in [3.63, 3.8) is 0 Å². The average Bonchev–Trinajstić information content (AvgIpc) is 3.13. The number of amides is 1. The molecule has 0 radical (unpaired) electrons. The van der Waals surface area contributed by atoms with Crippen LogP contribution in [0.4, 0.5) is 0 Å². The molecule has 1 aromatic carbocycles. The summed E-state index contributed by atoms with van der Waals surface area (Å²) in [4.78, 5) is 17.6. The second kappa shape index (κ2) is 7.70. The van der Waals surface area contributed by atoms with Gasteiger partial charge in [-0.2, -0.15) is 0 Å². The largest absolute Gasteiger partial charge is 0.454 e. The fourth-order valence-corrected chi connectivity index (χ4v) is 2.88. The quantitative estimate of drug-likeness (QED) is 0.661. The number of primary amides is 1. The molecule has 1 aromatic heterocycles. The second-order valence-electron chi connectivity index (χ2n) is 5.82. The van der Waals surface area contributed by atoms with E-state index in [-0.39, 0.29) is 5.76 Å². The summed E-state index contributed by atoms with van der Waals surface area (Å²) < 4.78 is 5.38. The van der Waals surface area contributed by atoms with Crippen molar-refractivity contribution < 1.29 is 9.21 Å². The van der Waals surface area contributed by atoms with Crippen molar-refractivity contribution in [1.29, 1.82) is 0 Å². The maximum absolute atomic E-state index is 11.1. The summed E-state index contributed by atoms with van der Waals surface area (Å²) in [6.45, 7) is 2.14. The highest BCUT2D eigenvalue weighted by Gasteiger charge is 2.16. The molecule has 2 aromatic rings. The molecule has 1 aliphatic rings. The summed E-state index contributed by atoms with van der Waals surface area (Å²) in [7, 11) is 1.76. The third-order valence-corrected chi connectivity index (χ3v) is 4.19.